The second kappa shape index (κ2) is 5.63. The smallest absolute Gasteiger partial charge is 0.194 e. The van der Waals surface area contributed by atoms with Crippen LogP contribution in [0.25, 0.3) is 0 Å². The highest BCUT2D eigenvalue weighted by Crippen LogP contribution is 2.27. The molecule has 2 unspecified atom stereocenters. The molecular weight excluding hydrogens is 291 g/mol. The van der Waals surface area contributed by atoms with Gasteiger partial charge in [-0.3, -0.25) is 0 Å². The summed E-state index contributed by atoms with van der Waals surface area (Å²) in [6.45, 7) is 0. The molecule has 1 aromatic carbocycles. The van der Waals surface area contributed by atoms with Crippen molar-refractivity contribution >= 4 is 15.5 Å². The quantitative estimate of drug-likeness (QED) is 0.874. The average Bonchev–Trinajstić information content (AvgIpc) is 2.35. The summed E-state index contributed by atoms with van der Waals surface area (Å²) in [5, 5.41) is 2.44. The van der Waals surface area contributed by atoms with Crippen molar-refractivity contribution in [3.05, 3.63) is 29.6 Å². The van der Waals surface area contributed by atoms with E-state index in [-0.39, 0.29) is 11.7 Å². The lowest BCUT2D eigenvalue weighted by molar-refractivity contribution is 0.442. The highest BCUT2D eigenvalue weighted by Gasteiger charge is 2.29. The summed E-state index contributed by atoms with van der Waals surface area (Å²) in [6, 6.07) is 1.57. The molecule has 0 amide bonds. The van der Waals surface area contributed by atoms with Crippen molar-refractivity contribution in [3.63, 3.8) is 0 Å². The van der Waals surface area contributed by atoms with E-state index in [9.17, 15) is 21.6 Å². The number of hydrogen-bond acceptors (Lipinski definition) is 3. The summed E-state index contributed by atoms with van der Waals surface area (Å²) in [5.41, 5.74) is 0.126. The molecule has 2 rings (SSSR count). The lowest BCUT2D eigenvalue weighted by atomic mass is 9.94. The molecule has 1 aromatic rings. The van der Waals surface area contributed by atoms with Crippen molar-refractivity contribution in [3.8, 4) is 0 Å². The molecule has 0 radical (unpaired) electrons. The van der Waals surface area contributed by atoms with Gasteiger partial charge < -0.3 is 5.32 Å². The summed E-state index contributed by atoms with van der Waals surface area (Å²) in [7, 11) is -3.12. The van der Waals surface area contributed by atoms with Crippen molar-refractivity contribution in [2.24, 2.45) is 0 Å². The third-order valence-electron chi connectivity index (χ3n) is 3.59. The molecule has 1 N–H and O–H groups in total. The Morgan fingerprint density at radius 2 is 1.75 bits per heavy atom. The van der Waals surface area contributed by atoms with E-state index in [4.69, 9.17) is 0 Å². The fourth-order valence-electron chi connectivity index (χ4n) is 2.54. The number of sulfone groups is 1. The minimum atomic E-state index is -3.12. The Morgan fingerprint density at radius 3 is 2.30 bits per heavy atom. The largest absolute Gasteiger partial charge is 0.382 e. The maximum Gasteiger partial charge on any atom is 0.194 e. The number of halogens is 3. The number of rotatable bonds is 3. The SMILES string of the molecule is CS(=O)(=O)C1CCCC(Nc2cc(F)c(F)c(F)c2)C1. The van der Waals surface area contributed by atoms with Gasteiger partial charge in [0.15, 0.2) is 17.5 Å². The number of nitrogens with one attached hydrogen (secondary N) is 1. The van der Waals surface area contributed by atoms with E-state index in [1.165, 1.54) is 6.26 Å². The molecule has 0 saturated heterocycles. The van der Waals surface area contributed by atoms with Crippen LogP contribution < -0.4 is 5.32 Å². The number of hydrogen-bond donors (Lipinski definition) is 1. The molecule has 1 fully saturated rings. The minimum Gasteiger partial charge on any atom is -0.382 e. The van der Waals surface area contributed by atoms with Crippen LogP contribution in [-0.4, -0.2) is 26.0 Å². The van der Waals surface area contributed by atoms with E-state index >= 15 is 0 Å². The van der Waals surface area contributed by atoms with Gasteiger partial charge in [0.1, 0.15) is 9.84 Å². The van der Waals surface area contributed by atoms with Gasteiger partial charge in [0.2, 0.25) is 0 Å². The van der Waals surface area contributed by atoms with Crippen molar-refractivity contribution in [1.29, 1.82) is 0 Å². The summed E-state index contributed by atoms with van der Waals surface area (Å²) < 4.78 is 62.1. The Bertz CT molecular complexity index is 581. The van der Waals surface area contributed by atoms with E-state index in [1.54, 1.807) is 0 Å². The summed E-state index contributed by atoms with van der Waals surface area (Å²) in [6.07, 6.45) is 3.62. The zero-order chi connectivity index (χ0) is 14.9. The molecule has 3 nitrogen and oxygen atoms in total. The molecule has 1 aliphatic rings. The predicted molar refractivity (Wildman–Crippen MR) is 70.8 cm³/mol. The van der Waals surface area contributed by atoms with E-state index in [2.05, 4.69) is 5.32 Å². The summed E-state index contributed by atoms with van der Waals surface area (Å²) in [5.74, 6) is -4.03. The lowest BCUT2D eigenvalue weighted by Gasteiger charge is -2.29. The standard InChI is InChI=1S/C13H16F3NO2S/c1-20(18,19)10-4-2-3-8(5-10)17-9-6-11(14)13(16)12(15)7-9/h6-8,10,17H,2-5H2,1H3. The topological polar surface area (TPSA) is 46.2 Å². The molecule has 2 atom stereocenters. The highest BCUT2D eigenvalue weighted by atomic mass is 32.2. The first-order valence-electron chi connectivity index (χ1n) is 6.37. The van der Waals surface area contributed by atoms with Crippen LogP contribution in [0.15, 0.2) is 12.1 Å². The Morgan fingerprint density at radius 1 is 1.15 bits per heavy atom. The summed E-state index contributed by atoms with van der Waals surface area (Å²) >= 11 is 0. The molecular formula is C13H16F3NO2S. The fourth-order valence-corrected chi connectivity index (χ4v) is 3.72. The van der Waals surface area contributed by atoms with Gasteiger partial charge in [-0.05, 0) is 19.3 Å². The van der Waals surface area contributed by atoms with Gasteiger partial charge in [0.25, 0.3) is 0 Å². The molecule has 0 aromatic heterocycles. The molecule has 0 aliphatic heterocycles. The maximum absolute atomic E-state index is 13.1. The Balaban J connectivity index is 2.10. The van der Waals surface area contributed by atoms with Crippen molar-refractivity contribution in [1.82, 2.24) is 0 Å². The molecule has 0 heterocycles. The number of benzene rings is 1. The predicted octanol–water partition coefficient (Wildman–Crippen LogP) is 2.87. The third kappa shape index (κ3) is 3.45. The van der Waals surface area contributed by atoms with Crippen LogP contribution in [0.1, 0.15) is 25.7 Å². The Kier molecular flexibility index (Phi) is 4.27. The summed E-state index contributed by atoms with van der Waals surface area (Å²) in [4.78, 5) is 0. The third-order valence-corrected chi connectivity index (χ3v) is 5.23. The van der Waals surface area contributed by atoms with Crippen LogP contribution in [0.2, 0.25) is 0 Å². The average molecular weight is 307 g/mol. The van der Waals surface area contributed by atoms with Crippen LogP contribution >= 0.6 is 0 Å². The number of anilines is 1. The van der Waals surface area contributed by atoms with Gasteiger partial charge in [-0.2, -0.15) is 0 Å². The van der Waals surface area contributed by atoms with Crippen LogP contribution in [-0.2, 0) is 9.84 Å². The van der Waals surface area contributed by atoms with Crippen molar-refractivity contribution < 1.29 is 21.6 Å². The molecule has 7 heteroatoms. The Hall–Kier alpha value is -1.24. The highest BCUT2D eigenvalue weighted by molar-refractivity contribution is 7.91. The van der Waals surface area contributed by atoms with Crippen LogP contribution in [0.4, 0.5) is 18.9 Å². The van der Waals surface area contributed by atoms with E-state index in [1.807, 2.05) is 0 Å². The molecule has 1 aliphatic carbocycles. The first kappa shape index (κ1) is 15.2. The Labute approximate surface area is 116 Å². The van der Waals surface area contributed by atoms with Gasteiger partial charge in [-0.15, -0.1) is 0 Å². The fraction of sp³-hybridized carbons (Fsp3) is 0.538. The zero-order valence-electron chi connectivity index (χ0n) is 11.0. The lowest BCUT2D eigenvalue weighted by Crippen LogP contribution is -2.34. The van der Waals surface area contributed by atoms with Crippen molar-refractivity contribution in [2.45, 2.75) is 37.0 Å². The van der Waals surface area contributed by atoms with Gasteiger partial charge in [-0.1, -0.05) is 6.42 Å². The van der Waals surface area contributed by atoms with Gasteiger partial charge >= 0.3 is 0 Å². The maximum atomic E-state index is 13.1. The first-order valence-corrected chi connectivity index (χ1v) is 8.33. The monoisotopic (exact) mass is 307 g/mol. The van der Waals surface area contributed by atoms with Crippen LogP contribution in [0.5, 0.6) is 0 Å². The normalized spacial score (nSPS) is 23.6. The molecule has 0 spiro atoms. The van der Waals surface area contributed by atoms with Gasteiger partial charge in [-0.25, -0.2) is 21.6 Å². The first-order chi connectivity index (χ1) is 9.27. The molecule has 112 valence electrons. The minimum absolute atomic E-state index is 0.126. The van der Waals surface area contributed by atoms with Crippen LogP contribution in [0.3, 0.4) is 0 Å². The second-order valence-corrected chi connectivity index (χ2v) is 7.54. The van der Waals surface area contributed by atoms with E-state index in [0.717, 1.165) is 18.6 Å². The second-order valence-electron chi connectivity index (χ2n) is 5.21. The van der Waals surface area contributed by atoms with E-state index in [0.29, 0.717) is 19.3 Å². The van der Waals surface area contributed by atoms with Crippen molar-refractivity contribution in [2.75, 3.05) is 11.6 Å². The molecule has 20 heavy (non-hydrogen) atoms. The zero-order valence-corrected chi connectivity index (χ0v) is 11.8. The van der Waals surface area contributed by atoms with Gasteiger partial charge in [0.05, 0.1) is 5.25 Å². The van der Waals surface area contributed by atoms with Gasteiger partial charge in [0, 0.05) is 30.1 Å². The van der Waals surface area contributed by atoms with E-state index < -0.39 is 32.5 Å². The molecule has 1 saturated carbocycles. The van der Waals surface area contributed by atoms with Crippen LogP contribution in [0, 0.1) is 17.5 Å². The molecule has 0 bridgehead atoms.